The van der Waals surface area contributed by atoms with Gasteiger partial charge in [-0.05, 0) is 12.1 Å². The van der Waals surface area contributed by atoms with Crippen molar-refractivity contribution >= 4 is 11.7 Å². The Bertz CT molecular complexity index is 343. The first-order valence-corrected chi connectivity index (χ1v) is 6.01. The van der Waals surface area contributed by atoms with Crippen molar-refractivity contribution in [1.29, 1.82) is 0 Å². The molecule has 0 saturated carbocycles. The molecule has 0 aromatic heterocycles. The number of likely N-dealkylation sites (N-methyl/N-ethyl adjacent to an activating group) is 1. The van der Waals surface area contributed by atoms with Gasteiger partial charge in [0.25, 0.3) is 0 Å². The van der Waals surface area contributed by atoms with Crippen LogP contribution in [-0.2, 0) is 4.74 Å². The number of benzene rings is 1. The molecule has 2 N–H and O–H groups in total. The maximum Gasteiger partial charge on any atom is 0.314 e. The van der Waals surface area contributed by atoms with Gasteiger partial charge in [-0.25, -0.2) is 4.79 Å². The quantitative estimate of drug-likeness (QED) is 0.713. The molecule has 1 aromatic rings. The molecule has 0 aliphatic heterocycles. The topological polar surface area (TPSA) is 53.6 Å². The molecule has 0 saturated heterocycles. The van der Waals surface area contributed by atoms with Crippen molar-refractivity contribution in [3.8, 4) is 0 Å². The van der Waals surface area contributed by atoms with E-state index in [-0.39, 0.29) is 6.03 Å². The van der Waals surface area contributed by atoms with Crippen LogP contribution in [0.25, 0.3) is 0 Å². The zero-order valence-corrected chi connectivity index (χ0v) is 11.0. The van der Waals surface area contributed by atoms with Crippen LogP contribution in [-0.4, -0.2) is 46.4 Å². The Morgan fingerprint density at radius 1 is 1.22 bits per heavy atom. The standard InChI is InChI=1S/C13H21N3O2/c1-16(12-6-4-3-5-7-12)10-8-14-13(17)15-9-11-18-2/h3-7H,8-11H2,1-2H3,(H2,14,15,17). The lowest BCUT2D eigenvalue weighted by molar-refractivity contribution is 0.196. The summed E-state index contributed by atoms with van der Waals surface area (Å²) in [6, 6.07) is 9.90. The number of rotatable bonds is 7. The number of hydrogen-bond acceptors (Lipinski definition) is 3. The summed E-state index contributed by atoms with van der Waals surface area (Å²) in [6.07, 6.45) is 0. The lowest BCUT2D eigenvalue weighted by atomic mass is 10.3. The van der Waals surface area contributed by atoms with Crippen molar-refractivity contribution in [1.82, 2.24) is 10.6 Å². The summed E-state index contributed by atoms with van der Waals surface area (Å²) < 4.78 is 4.84. The molecule has 0 aliphatic carbocycles. The van der Waals surface area contributed by atoms with Crippen LogP contribution < -0.4 is 15.5 Å². The van der Waals surface area contributed by atoms with Gasteiger partial charge in [0.05, 0.1) is 6.61 Å². The van der Waals surface area contributed by atoms with E-state index in [1.165, 1.54) is 0 Å². The molecule has 0 spiro atoms. The predicted octanol–water partition coefficient (Wildman–Crippen LogP) is 1.07. The number of carbonyl (C=O) groups excluding carboxylic acids is 1. The van der Waals surface area contributed by atoms with Crippen LogP contribution in [0.15, 0.2) is 30.3 Å². The Morgan fingerprint density at radius 2 is 1.89 bits per heavy atom. The van der Waals surface area contributed by atoms with Crippen molar-refractivity contribution in [2.24, 2.45) is 0 Å². The van der Waals surface area contributed by atoms with E-state index >= 15 is 0 Å². The van der Waals surface area contributed by atoms with Crippen LogP contribution in [0.3, 0.4) is 0 Å². The molecule has 0 bridgehead atoms. The summed E-state index contributed by atoms with van der Waals surface area (Å²) in [5.74, 6) is 0. The smallest absolute Gasteiger partial charge is 0.314 e. The molecule has 100 valence electrons. The van der Waals surface area contributed by atoms with Gasteiger partial charge in [-0.2, -0.15) is 0 Å². The van der Waals surface area contributed by atoms with Crippen LogP contribution in [0, 0.1) is 0 Å². The highest BCUT2D eigenvalue weighted by Gasteiger charge is 2.01. The fraction of sp³-hybridized carbons (Fsp3) is 0.462. The third-order valence-corrected chi connectivity index (χ3v) is 2.52. The fourth-order valence-corrected chi connectivity index (χ4v) is 1.48. The monoisotopic (exact) mass is 251 g/mol. The lowest BCUT2D eigenvalue weighted by Gasteiger charge is -2.19. The highest BCUT2D eigenvalue weighted by Crippen LogP contribution is 2.09. The minimum absolute atomic E-state index is 0.159. The van der Waals surface area contributed by atoms with Crippen LogP contribution in [0.2, 0.25) is 0 Å². The van der Waals surface area contributed by atoms with E-state index in [0.717, 1.165) is 12.2 Å². The zero-order chi connectivity index (χ0) is 13.2. The molecule has 1 aromatic carbocycles. The van der Waals surface area contributed by atoms with Crippen LogP contribution >= 0.6 is 0 Å². The number of anilines is 1. The Balaban J connectivity index is 2.16. The average Bonchev–Trinajstić information content (AvgIpc) is 2.40. The van der Waals surface area contributed by atoms with Gasteiger partial charge in [-0.15, -0.1) is 0 Å². The summed E-state index contributed by atoms with van der Waals surface area (Å²) in [7, 11) is 3.61. The number of nitrogens with one attached hydrogen (secondary N) is 2. The summed E-state index contributed by atoms with van der Waals surface area (Å²) in [5.41, 5.74) is 1.14. The molecule has 5 nitrogen and oxygen atoms in total. The summed E-state index contributed by atoms with van der Waals surface area (Å²) in [4.78, 5) is 13.4. The first-order chi connectivity index (χ1) is 8.74. The van der Waals surface area contributed by atoms with Gasteiger partial charge >= 0.3 is 6.03 Å². The average molecular weight is 251 g/mol. The van der Waals surface area contributed by atoms with E-state index in [2.05, 4.69) is 15.5 Å². The highest BCUT2D eigenvalue weighted by molar-refractivity contribution is 5.73. The van der Waals surface area contributed by atoms with E-state index in [1.807, 2.05) is 37.4 Å². The largest absolute Gasteiger partial charge is 0.383 e. The predicted molar refractivity (Wildman–Crippen MR) is 73.0 cm³/mol. The van der Waals surface area contributed by atoms with Gasteiger partial charge in [0.1, 0.15) is 0 Å². The van der Waals surface area contributed by atoms with Crippen LogP contribution in [0.1, 0.15) is 0 Å². The minimum atomic E-state index is -0.159. The number of amides is 2. The van der Waals surface area contributed by atoms with Crippen LogP contribution in [0.5, 0.6) is 0 Å². The lowest BCUT2D eigenvalue weighted by Crippen LogP contribution is -2.40. The number of urea groups is 1. The minimum Gasteiger partial charge on any atom is -0.383 e. The number of nitrogens with zero attached hydrogens (tertiary/aromatic N) is 1. The summed E-state index contributed by atoms with van der Waals surface area (Å²) in [5, 5.41) is 5.50. The highest BCUT2D eigenvalue weighted by atomic mass is 16.5. The molecule has 0 aliphatic rings. The number of hydrogen-bond donors (Lipinski definition) is 2. The molecular weight excluding hydrogens is 230 g/mol. The first-order valence-electron chi connectivity index (χ1n) is 6.01. The van der Waals surface area contributed by atoms with Gasteiger partial charge in [0.15, 0.2) is 0 Å². The fourth-order valence-electron chi connectivity index (χ4n) is 1.48. The number of ether oxygens (including phenoxy) is 1. The normalized spacial score (nSPS) is 9.89. The van der Waals surface area contributed by atoms with E-state index in [4.69, 9.17) is 4.74 Å². The number of para-hydroxylation sites is 1. The van der Waals surface area contributed by atoms with E-state index in [9.17, 15) is 4.79 Å². The molecule has 18 heavy (non-hydrogen) atoms. The molecule has 1 rings (SSSR count). The number of carbonyl (C=O) groups is 1. The van der Waals surface area contributed by atoms with Gasteiger partial charge in [-0.1, -0.05) is 18.2 Å². The van der Waals surface area contributed by atoms with Crippen molar-refractivity contribution in [3.05, 3.63) is 30.3 Å². The molecule has 0 fully saturated rings. The maximum absolute atomic E-state index is 11.3. The van der Waals surface area contributed by atoms with Crippen molar-refractivity contribution in [2.75, 3.05) is 45.3 Å². The summed E-state index contributed by atoms with van der Waals surface area (Å²) in [6.45, 7) is 2.42. The Morgan fingerprint density at radius 3 is 2.56 bits per heavy atom. The molecular formula is C13H21N3O2. The van der Waals surface area contributed by atoms with E-state index in [1.54, 1.807) is 7.11 Å². The molecule has 0 atom stereocenters. The van der Waals surface area contributed by atoms with E-state index in [0.29, 0.717) is 19.7 Å². The second-order valence-electron chi connectivity index (χ2n) is 3.93. The SMILES string of the molecule is COCCNC(=O)NCCN(C)c1ccccc1. The zero-order valence-electron chi connectivity index (χ0n) is 11.0. The Kier molecular flexibility index (Phi) is 6.64. The van der Waals surface area contributed by atoms with Crippen LogP contribution in [0.4, 0.5) is 10.5 Å². The second-order valence-corrected chi connectivity index (χ2v) is 3.93. The van der Waals surface area contributed by atoms with Crippen molar-refractivity contribution < 1.29 is 9.53 Å². The Labute approximate surface area is 108 Å². The third-order valence-electron chi connectivity index (χ3n) is 2.52. The van der Waals surface area contributed by atoms with Crippen molar-refractivity contribution in [2.45, 2.75) is 0 Å². The Hall–Kier alpha value is -1.75. The number of methoxy groups -OCH3 is 1. The van der Waals surface area contributed by atoms with Gasteiger partial charge in [0.2, 0.25) is 0 Å². The summed E-state index contributed by atoms with van der Waals surface area (Å²) >= 11 is 0. The molecule has 0 unspecified atom stereocenters. The molecule has 5 heteroatoms. The van der Waals surface area contributed by atoms with E-state index < -0.39 is 0 Å². The third kappa shape index (κ3) is 5.54. The second kappa shape index (κ2) is 8.36. The molecule has 0 radical (unpaired) electrons. The first kappa shape index (κ1) is 14.3. The van der Waals surface area contributed by atoms with Gasteiger partial charge < -0.3 is 20.3 Å². The van der Waals surface area contributed by atoms with Gasteiger partial charge in [-0.3, -0.25) is 0 Å². The molecule has 2 amide bonds. The maximum atomic E-state index is 11.3. The molecule has 0 heterocycles. The van der Waals surface area contributed by atoms with Crippen molar-refractivity contribution in [3.63, 3.8) is 0 Å². The van der Waals surface area contributed by atoms with Gasteiger partial charge in [0, 0.05) is 39.5 Å².